The van der Waals surface area contributed by atoms with E-state index in [1.54, 1.807) is 6.20 Å². The average molecular weight is 188 g/mol. The van der Waals surface area contributed by atoms with Gasteiger partial charge in [0.15, 0.2) is 0 Å². The predicted molar refractivity (Wildman–Crippen MR) is 50.3 cm³/mol. The number of hydrogen-bond acceptors (Lipinski definition) is 2. The monoisotopic (exact) mass is 187 g/mol. The van der Waals surface area contributed by atoms with Gasteiger partial charge in [-0.3, -0.25) is 4.68 Å². The van der Waals surface area contributed by atoms with Gasteiger partial charge in [-0.2, -0.15) is 5.10 Å². The van der Waals surface area contributed by atoms with Crippen molar-refractivity contribution < 1.29 is 0 Å². The Morgan fingerprint density at radius 2 is 2.42 bits per heavy atom. The molecule has 1 aromatic rings. The van der Waals surface area contributed by atoms with Crippen molar-refractivity contribution in [1.29, 1.82) is 0 Å². The standard InChI is InChI=1S/C8H14ClN3/c1-2-5-12-8(3-4-10)7(9)6-11-12/h6H,2-5,10H2,1H3. The minimum absolute atomic E-state index is 0.620. The van der Waals surface area contributed by atoms with Crippen LogP contribution in [0.5, 0.6) is 0 Å². The Hall–Kier alpha value is -0.540. The van der Waals surface area contributed by atoms with E-state index in [0.29, 0.717) is 6.54 Å². The molecule has 4 heteroatoms. The molecule has 12 heavy (non-hydrogen) atoms. The Kier molecular flexibility index (Phi) is 3.56. The molecular formula is C8H14ClN3. The maximum atomic E-state index is 5.92. The van der Waals surface area contributed by atoms with Crippen LogP contribution in [-0.2, 0) is 13.0 Å². The van der Waals surface area contributed by atoms with Gasteiger partial charge in [0, 0.05) is 13.0 Å². The lowest BCUT2D eigenvalue weighted by atomic mass is 10.3. The average Bonchev–Trinajstić information content (AvgIpc) is 2.37. The summed E-state index contributed by atoms with van der Waals surface area (Å²) >= 11 is 5.92. The number of halogens is 1. The summed E-state index contributed by atoms with van der Waals surface area (Å²) in [6.45, 7) is 3.65. The van der Waals surface area contributed by atoms with Gasteiger partial charge in [0.2, 0.25) is 0 Å². The molecule has 1 rings (SSSR count). The fourth-order valence-corrected chi connectivity index (χ4v) is 1.41. The Balaban J connectivity index is 2.80. The molecule has 0 saturated heterocycles. The largest absolute Gasteiger partial charge is 0.330 e. The quantitative estimate of drug-likeness (QED) is 0.776. The minimum Gasteiger partial charge on any atom is -0.330 e. The van der Waals surface area contributed by atoms with Crippen LogP contribution in [-0.4, -0.2) is 16.3 Å². The molecule has 0 aliphatic rings. The van der Waals surface area contributed by atoms with E-state index in [-0.39, 0.29) is 0 Å². The second-order valence-corrected chi connectivity index (χ2v) is 3.11. The summed E-state index contributed by atoms with van der Waals surface area (Å²) in [7, 11) is 0. The zero-order valence-corrected chi connectivity index (χ0v) is 8.01. The fourth-order valence-electron chi connectivity index (χ4n) is 1.18. The molecule has 0 atom stereocenters. The van der Waals surface area contributed by atoms with Gasteiger partial charge in [0.1, 0.15) is 0 Å². The molecule has 0 bridgehead atoms. The normalized spacial score (nSPS) is 10.6. The highest BCUT2D eigenvalue weighted by molar-refractivity contribution is 6.31. The van der Waals surface area contributed by atoms with E-state index in [1.165, 1.54) is 0 Å². The van der Waals surface area contributed by atoms with E-state index in [9.17, 15) is 0 Å². The smallest absolute Gasteiger partial charge is 0.0818 e. The number of rotatable bonds is 4. The maximum Gasteiger partial charge on any atom is 0.0818 e. The van der Waals surface area contributed by atoms with Gasteiger partial charge in [-0.1, -0.05) is 18.5 Å². The third kappa shape index (κ3) is 1.99. The molecule has 0 aliphatic carbocycles. The molecule has 0 aromatic carbocycles. The summed E-state index contributed by atoms with van der Waals surface area (Å²) in [5.41, 5.74) is 6.51. The van der Waals surface area contributed by atoms with Gasteiger partial charge in [-0.15, -0.1) is 0 Å². The molecular weight excluding hydrogens is 174 g/mol. The summed E-state index contributed by atoms with van der Waals surface area (Å²) in [6, 6.07) is 0. The third-order valence-electron chi connectivity index (χ3n) is 1.71. The Bertz CT molecular complexity index is 244. The van der Waals surface area contributed by atoms with Crippen molar-refractivity contribution in [2.75, 3.05) is 6.54 Å². The molecule has 3 nitrogen and oxygen atoms in total. The molecule has 1 heterocycles. The molecule has 2 N–H and O–H groups in total. The first-order valence-corrected chi connectivity index (χ1v) is 4.57. The van der Waals surface area contributed by atoms with Crippen LogP contribution in [0.4, 0.5) is 0 Å². The van der Waals surface area contributed by atoms with Crippen LogP contribution >= 0.6 is 11.6 Å². The molecule has 0 spiro atoms. The first-order chi connectivity index (χ1) is 5.79. The lowest BCUT2D eigenvalue weighted by molar-refractivity contribution is 0.574. The number of nitrogens with zero attached hydrogens (tertiary/aromatic N) is 2. The highest BCUT2D eigenvalue weighted by Crippen LogP contribution is 2.15. The predicted octanol–water partition coefficient (Wildman–Crippen LogP) is 1.45. The number of hydrogen-bond donors (Lipinski definition) is 1. The third-order valence-corrected chi connectivity index (χ3v) is 2.03. The number of aryl methyl sites for hydroxylation is 1. The summed E-state index contributed by atoms with van der Waals surface area (Å²) in [5, 5.41) is 4.88. The number of nitrogens with two attached hydrogens (primary N) is 1. The summed E-state index contributed by atoms with van der Waals surface area (Å²) in [5.74, 6) is 0. The summed E-state index contributed by atoms with van der Waals surface area (Å²) < 4.78 is 1.93. The zero-order chi connectivity index (χ0) is 8.97. The second-order valence-electron chi connectivity index (χ2n) is 2.70. The Morgan fingerprint density at radius 1 is 1.67 bits per heavy atom. The van der Waals surface area contributed by atoms with E-state index < -0.39 is 0 Å². The highest BCUT2D eigenvalue weighted by atomic mass is 35.5. The van der Waals surface area contributed by atoms with Crippen LogP contribution in [0.2, 0.25) is 5.02 Å². The maximum absolute atomic E-state index is 5.92. The summed E-state index contributed by atoms with van der Waals surface area (Å²) in [4.78, 5) is 0. The SMILES string of the molecule is CCCn1ncc(Cl)c1CCN. The van der Waals surface area contributed by atoms with E-state index >= 15 is 0 Å². The second kappa shape index (κ2) is 4.48. The van der Waals surface area contributed by atoms with Gasteiger partial charge >= 0.3 is 0 Å². The minimum atomic E-state index is 0.620. The van der Waals surface area contributed by atoms with Gasteiger partial charge in [0.05, 0.1) is 16.9 Å². The molecule has 0 radical (unpaired) electrons. The summed E-state index contributed by atoms with van der Waals surface area (Å²) in [6.07, 6.45) is 3.55. The number of aromatic nitrogens is 2. The molecule has 0 saturated carbocycles. The van der Waals surface area contributed by atoms with Crippen LogP contribution in [0, 0.1) is 0 Å². The van der Waals surface area contributed by atoms with Crippen LogP contribution in [0.15, 0.2) is 6.20 Å². The van der Waals surface area contributed by atoms with Crippen molar-refractivity contribution in [3.05, 3.63) is 16.9 Å². The van der Waals surface area contributed by atoms with Crippen molar-refractivity contribution >= 4 is 11.6 Å². The van der Waals surface area contributed by atoms with Crippen molar-refractivity contribution in [1.82, 2.24) is 9.78 Å². The van der Waals surface area contributed by atoms with Crippen molar-refractivity contribution in [2.45, 2.75) is 26.3 Å². The zero-order valence-electron chi connectivity index (χ0n) is 7.26. The topological polar surface area (TPSA) is 43.8 Å². The molecule has 0 fully saturated rings. The van der Waals surface area contributed by atoms with Crippen molar-refractivity contribution in [3.8, 4) is 0 Å². The van der Waals surface area contributed by atoms with Crippen molar-refractivity contribution in [2.24, 2.45) is 5.73 Å². The van der Waals surface area contributed by atoms with Crippen LogP contribution in [0.25, 0.3) is 0 Å². The highest BCUT2D eigenvalue weighted by Gasteiger charge is 2.06. The van der Waals surface area contributed by atoms with Crippen LogP contribution in [0.3, 0.4) is 0 Å². The molecule has 0 aliphatic heterocycles. The van der Waals surface area contributed by atoms with Gasteiger partial charge in [0.25, 0.3) is 0 Å². The van der Waals surface area contributed by atoms with Gasteiger partial charge in [-0.05, 0) is 13.0 Å². The van der Waals surface area contributed by atoms with E-state index in [0.717, 1.165) is 30.1 Å². The molecule has 68 valence electrons. The fraction of sp³-hybridized carbons (Fsp3) is 0.625. The van der Waals surface area contributed by atoms with E-state index in [2.05, 4.69) is 12.0 Å². The van der Waals surface area contributed by atoms with Gasteiger partial charge in [-0.25, -0.2) is 0 Å². The Morgan fingerprint density at radius 3 is 3.00 bits per heavy atom. The molecule has 1 aromatic heterocycles. The van der Waals surface area contributed by atoms with E-state index in [1.807, 2.05) is 4.68 Å². The molecule has 0 unspecified atom stereocenters. The lowest BCUT2D eigenvalue weighted by Gasteiger charge is -2.04. The Labute approximate surface area is 77.5 Å². The van der Waals surface area contributed by atoms with Crippen LogP contribution in [0.1, 0.15) is 19.0 Å². The van der Waals surface area contributed by atoms with E-state index in [4.69, 9.17) is 17.3 Å². The molecule has 0 amide bonds. The first-order valence-electron chi connectivity index (χ1n) is 4.19. The lowest BCUT2D eigenvalue weighted by Crippen LogP contribution is -2.10. The van der Waals surface area contributed by atoms with Gasteiger partial charge < -0.3 is 5.73 Å². The van der Waals surface area contributed by atoms with Crippen LogP contribution < -0.4 is 5.73 Å². The first kappa shape index (κ1) is 9.55. The van der Waals surface area contributed by atoms with Crippen molar-refractivity contribution in [3.63, 3.8) is 0 Å².